The number of aliphatic carboxylic acids is 2. The molecule has 2 N–H and O–H groups in total. The van der Waals surface area contributed by atoms with Gasteiger partial charge in [0.15, 0.2) is 0 Å². The number of aromatic nitrogens is 4. The molecule has 44 heavy (non-hydrogen) atoms. The number of hydrogen-bond donors (Lipinski definition) is 2. The summed E-state index contributed by atoms with van der Waals surface area (Å²) in [5, 5.41) is 19.5. The lowest BCUT2D eigenvalue weighted by atomic mass is 9.95. The predicted octanol–water partition coefficient (Wildman–Crippen LogP) is 4.39. The minimum atomic E-state index is -4.51. The Bertz CT molecular complexity index is 1450. The molecule has 15 heteroatoms. The first-order valence-electron chi connectivity index (χ1n) is 13.8. The van der Waals surface area contributed by atoms with Crippen molar-refractivity contribution in [2.24, 2.45) is 0 Å². The number of aryl methyl sites for hydroxylation is 1. The summed E-state index contributed by atoms with van der Waals surface area (Å²) in [6.07, 6.45) is 0.157. The Morgan fingerprint density at radius 3 is 2.11 bits per heavy atom. The Morgan fingerprint density at radius 2 is 1.59 bits per heavy atom. The molecule has 0 aliphatic carbocycles. The standard InChI is InChI=1S/C25H31F3N6OS.C4H4O4/c1-24(2,3)22-30-20(25(26,27)28)16-21(31-22)33-13-11-32(12-14-33)8-4-5-9-34-10-6-19(29-23(34)35)18-7-15-36-17-18;5-3(6)1-2-4(7)8/h6-7,10,15-17H,4-5,8-9,11-14H2,1-3H3;1-2H,(H,5,6)(H,7,8). The number of unbranched alkanes of at least 4 members (excludes halogenated alkanes) is 1. The molecule has 1 aliphatic heterocycles. The largest absolute Gasteiger partial charge is 0.478 e. The number of thiophene rings is 1. The van der Waals surface area contributed by atoms with E-state index in [1.807, 2.05) is 48.6 Å². The van der Waals surface area contributed by atoms with E-state index in [1.165, 1.54) is 0 Å². The number of carbonyl (C=O) groups is 2. The van der Waals surface area contributed by atoms with E-state index < -0.39 is 29.2 Å². The molecule has 0 bridgehead atoms. The van der Waals surface area contributed by atoms with Gasteiger partial charge in [-0.3, -0.25) is 9.47 Å². The Labute approximate surface area is 256 Å². The molecule has 0 radical (unpaired) electrons. The smallest absolute Gasteiger partial charge is 0.433 e. The molecule has 0 saturated carbocycles. The van der Waals surface area contributed by atoms with Gasteiger partial charge in [0.2, 0.25) is 0 Å². The first-order valence-corrected chi connectivity index (χ1v) is 14.8. The van der Waals surface area contributed by atoms with Crippen molar-refractivity contribution < 1.29 is 33.0 Å². The average molecular weight is 637 g/mol. The van der Waals surface area contributed by atoms with Gasteiger partial charge in [0.25, 0.3) is 0 Å². The molecule has 1 saturated heterocycles. The fourth-order valence-corrected chi connectivity index (χ4v) is 4.86. The molecule has 3 aromatic heterocycles. The lowest BCUT2D eigenvalue weighted by Crippen LogP contribution is -2.47. The van der Waals surface area contributed by atoms with Crippen molar-refractivity contribution in [3.63, 3.8) is 0 Å². The van der Waals surface area contributed by atoms with Crippen LogP contribution < -0.4 is 10.6 Å². The summed E-state index contributed by atoms with van der Waals surface area (Å²) in [6, 6.07) is 4.87. The van der Waals surface area contributed by atoms with Crippen LogP contribution in [0.3, 0.4) is 0 Å². The van der Waals surface area contributed by atoms with Gasteiger partial charge in [-0.1, -0.05) is 20.8 Å². The SMILES string of the molecule is CC(C)(C)c1nc(N2CCN(CCCCn3ccc(-c4ccsc4)nc3=O)CC2)cc(C(F)(F)F)n1.O=C(O)C=CC(=O)O. The summed E-state index contributed by atoms with van der Waals surface area (Å²) < 4.78 is 41.9. The minimum absolute atomic E-state index is 0.197. The summed E-state index contributed by atoms with van der Waals surface area (Å²) in [4.78, 5) is 48.1. The summed E-state index contributed by atoms with van der Waals surface area (Å²) in [6.45, 7) is 9.60. The lowest BCUT2D eigenvalue weighted by molar-refractivity contribution is -0.141. The summed E-state index contributed by atoms with van der Waals surface area (Å²) in [7, 11) is 0. The van der Waals surface area contributed by atoms with Crippen LogP contribution in [0, 0.1) is 0 Å². The number of halogens is 3. The van der Waals surface area contributed by atoms with Crippen molar-refractivity contribution in [1.82, 2.24) is 24.4 Å². The van der Waals surface area contributed by atoms with Gasteiger partial charge >= 0.3 is 23.8 Å². The van der Waals surface area contributed by atoms with E-state index in [9.17, 15) is 27.6 Å². The van der Waals surface area contributed by atoms with Crippen LogP contribution in [0.2, 0.25) is 0 Å². The molecule has 1 aliphatic rings. The highest BCUT2D eigenvalue weighted by Gasteiger charge is 2.36. The maximum absolute atomic E-state index is 13.4. The number of carboxylic acids is 2. The zero-order chi connectivity index (χ0) is 32.5. The molecule has 1 fully saturated rings. The average Bonchev–Trinajstić information content (AvgIpc) is 3.50. The zero-order valence-corrected chi connectivity index (χ0v) is 25.4. The maximum Gasteiger partial charge on any atom is 0.433 e. The normalized spacial score (nSPS) is 14.4. The Kier molecular flexibility index (Phi) is 11.8. The monoisotopic (exact) mass is 636 g/mol. The van der Waals surface area contributed by atoms with Crippen LogP contribution in [0.5, 0.6) is 0 Å². The third kappa shape index (κ3) is 10.6. The number of piperazine rings is 1. The van der Waals surface area contributed by atoms with Crippen LogP contribution in [0.15, 0.2) is 52.1 Å². The molecule has 0 amide bonds. The summed E-state index contributed by atoms with van der Waals surface area (Å²) >= 11 is 1.57. The van der Waals surface area contributed by atoms with E-state index in [1.54, 1.807) is 22.1 Å². The molecule has 0 unspecified atom stereocenters. The number of nitrogens with zero attached hydrogens (tertiary/aromatic N) is 6. The molecular weight excluding hydrogens is 601 g/mol. The van der Waals surface area contributed by atoms with Gasteiger partial charge in [-0.05, 0) is 36.9 Å². The van der Waals surface area contributed by atoms with Gasteiger partial charge in [-0.15, -0.1) is 0 Å². The van der Waals surface area contributed by atoms with E-state index >= 15 is 0 Å². The van der Waals surface area contributed by atoms with Gasteiger partial charge in [-0.2, -0.15) is 29.5 Å². The first-order chi connectivity index (χ1) is 20.6. The molecule has 4 heterocycles. The lowest BCUT2D eigenvalue weighted by Gasteiger charge is -2.36. The summed E-state index contributed by atoms with van der Waals surface area (Å²) in [5.74, 6) is -1.98. The van der Waals surface area contributed by atoms with Crippen LogP contribution in [0.1, 0.15) is 45.1 Å². The first kappa shape index (κ1) is 34.4. The molecule has 0 spiro atoms. The van der Waals surface area contributed by atoms with E-state index in [4.69, 9.17) is 10.2 Å². The molecule has 3 aromatic rings. The van der Waals surface area contributed by atoms with Crippen molar-refractivity contribution in [3.8, 4) is 11.3 Å². The number of hydrogen-bond acceptors (Lipinski definition) is 9. The van der Waals surface area contributed by atoms with Gasteiger partial charge in [-0.25, -0.2) is 24.4 Å². The molecule has 0 aromatic carbocycles. The van der Waals surface area contributed by atoms with Crippen molar-refractivity contribution >= 4 is 29.1 Å². The molecule has 11 nitrogen and oxygen atoms in total. The Balaban J connectivity index is 0.000000583. The fourth-order valence-electron chi connectivity index (χ4n) is 4.21. The van der Waals surface area contributed by atoms with Gasteiger partial charge in [0.1, 0.15) is 17.3 Å². The topological polar surface area (TPSA) is 142 Å². The van der Waals surface area contributed by atoms with Crippen LogP contribution in [-0.2, 0) is 27.7 Å². The van der Waals surface area contributed by atoms with Crippen molar-refractivity contribution in [2.45, 2.75) is 51.7 Å². The number of anilines is 1. The van der Waals surface area contributed by atoms with Crippen LogP contribution in [0.25, 0.3) is 11.3 Å². The number of rotatable bonds is 9. The minimum Gasteiger partial charge on any atom is -0.478 e. The van der Waals surface area contributed by atoms with Crippen molar-refractivity contribution in [3.05, 3.63) is 69.3 Å². The van der Waals surface area contributed by atoms with Crippen molar-refractivity contribution in [2.75, 3.05) is 37.6 Å². The van der Waals surface area contributed by atoms with Crippen LogP contribution in [-0.4, -0.2) is 79.3 Å². The van der Waals surface area contributed by atoms with Crippen LogP contribution >= 0.6 is 11.3 Å². The second-order valence-electron chi connectivity index (χ2n) is 11.0. The molecule has 0 atom stereocenters. The Morgan fingerprint density at radius 1 is 0.955 bits per heavy atom. The second-order valence-corrected chi connectivity index (χ2v) is 11.8. The van der Waals surface area contributed by atoms with Gasteiger partial charge < -0.3 is 15.1 Å². The second kappa shape index (κ2) is 15.1. The van der Waals surface area contributed by atoms with E-state index in [-0.39, 0.29) is 11.5 Å². The molecular formula is C29H35F3N6O5S. The molecule has 4 rings (SSSR count). The third-order valence-corrected chi connectivity index (χ3v) is 7.24. The maximum atomic E-state index is 13.4. The number of carboxylic acid groups (broad SMARTS) is 2. The molecule has 238 valence electrons. The highest BCUT2D eigenvalue weighted by Crippen LogP contribution is 2.32. The van der Waals surface area contributed by atoms with Gasteiger partial charge in [0, 0.05) is 73.5 Å². The van der Waals surface area contributed by atoms with Gasteiger partial charge in [0.05, 0.1) is 5.69 Å². The Hall–Kier alpha value is -4.11. The van der Waals surface area contributed by atoms with Crippen molar-refractivity contribution in [1.29, 1.82) is 0 Å². The fraction of sp³-hybridized carbons (Fsp3) is 0.448. The zero-order valence-electron chi connectivity index (χ0n) is 24.6. The highest BCUT2D eigenvalue weighted by atomic mass is 32.1. The van der Waals surface area contributed by atoms with E-state index in [0.29, 0.717) is 43.3 Å². The number of alkyl halides is 3. The summed E-state index contributed by atoms with van der Waals surface area (Å²) in [5.41, 5.74) is -0.0804. The van der Waals surface area contributed by atoms with Crippen LogP contribution in [0.4, 0.5) is 19.0 Å². The predicted molar refractivity (Wildman–Crippen MR) is 160 cm³/mol. The highest BCUT2D eigenvalue weighted by molar-refractivity contribution is 7.08. The van der Waals surface area contributed by atoms with E-state index in [2.05, 4.69) is 19.9 Å². The quantitative estimate of drug-likeness (QED) is 0.257. The van der Waals surface area contributed by atoms with E-state index in [0.717, 1.165) is 44.1 Å². The third-order valence-electron chi connectivity index (χ3n) is 6.55.